The number of aromatic nitrogens is 2. The topological polar surface area (TPSA) is 82.9 Å². The van der Waals surface area contributed by atoms with E-state index in [0.29, 0.717) is 18.5 Å². The van der Waals surface area contributed by atoms with Crippen LogP contribution in [0.1, 0.15) is 50.5 Å². The minimum atomic E-state index is -0.403. The SMILES string of the molecule is Cc1c(Br)cccc1OC1CCC(CCCN2CCN(c3ccc4c(N5CCC(=O)NC5=O)nn(C)c4c3)CC2)CC1. The summed E-state index contributed by atoms with van der Waals surface area (Å²) in [7, 11) is 1.91. The van der Waals surface area contributed by atoms with Crippen molar-refractivity contribution in [3.8, 4) is 5.75 Å². The molecule has 2 saturated heterocycles. The standard InChI is InChI=1S/C32H41BrN6O3/c1-22-27(33)6-3-7-29(22)42-25-11-8-23(9-12-25)5-4-15-37-17-19-38(20-18-37)24-10-13-26-28(21-24)36(2)35-31(26)39-16-14-30(40)34-32(39)41/h3,6-7,10,13,21,23,25H,4-5,8-9,11-12,14-20H2,1-2H3,(H,34,40,41). The van der Waals surface area contributed by atoms with Gasteiger partial charge < -0.3 is 9.64 Å². The maximum absolute atomic E-state index is 12.4. The van der Waals surface area contributed by atoms with E-state index in [0.717, 1.165) is 66.1 Å². The van der Waals surface area contributed by atoms with Gasteiger partial charge in [-0.3, -0.25) is 24.6 Å². The molecule has 3 aromatic rings. The van der Waals surface area contributed by atoms with Crippen LogP contribution in [0.3, 0.4) is 0 Å². The number of aryl methyl sites for hydroxylation is 1. The Hall–Kier alpha value is -3.11. The molecule has 224 valence electrons. The number of ether oxygens (including phenoxy) is 1. The Labute approximate surface area is 256 Å². The molecule has 2 aromatic carbocycles. The molecule has 1 aromatic heterocycles. The van der Waals surface area contributed by atoms with Gasteiger partial charge in [-0.15, -0.1) is 0 Å². The first-order valence-electron chi connectivity index (χ1n) is 15.3. The van der Waals surface area contributed by atoms with Gasteiger partial charge in [-0.25, -0.2) is 4.79 Å². The van der Waals surface area contributed by atoms with Crippen LogP contribution in [0.25, 0.3) is 10.9 Å². The van der Waals surface area contributed by atoms with E-state index >= 15 is 0 Å². The maximum Gasteiger partial charge on any atom is 0.329 e. The molecule has 3 amide bonds. The lowest BCUT2D eigenvalue weighted by molar-refractivity contribution is -0.120. The Bertz CT molecular complexity index is 1440. The number of benzene rings is 2. The molecule has 2 aliphatic heterocycles. The van der Waals surface area contributed by atoms with E-state index in [1.165, 1.54) is 43.5 Å². The second kappa shape index (κ2) is 12.6. The van der Waals surface area contributed by atoms with Gasteiger partial charge in [0, 0.05) is 67.3 Å². The minimum Gasteiger partial charge on any atom is -0.490 e. The van der Waals surface area contributed by atoms with Gasteiger partial charge in [0.2, 0.25) is 5.91 Å². The van der Waals surface area contributed by atoms with Gasteiger partial charge in [0.15, 0.2) is 5.82 Å². The molecule has 3 aliphatic rings. The van der Waals surface area contributed by atoms with E-state index in [9.17, 15) is 9.59 Å². The number of halogens is 1. The molecule has 0 spiro atoms. The third-order valence-corrected chi connectivity index (χ3v) is 10.1. The van der Waals surface area contributed by atoms with Crippen LogP contribution in [-0.2, 0) is 11.8 Å². The summed E-state index contributed by atoms with van der Waals surface area (Å²) in [6.07, 6.45) is 8.05. The molecule has 0 bridgehead atoms. The maximum atomic E-state index is 12.4. The van der Waals surface area contributed by atoms with Crippen molar-refractivity contribution in [3.63, 3.8) is 0 Å². The number of hydrogen-bond acceptors (Lipinski definition) is 6. The zero-order valence-corrected chi connectivity index (χ0v) is 26.2. The Morgan fingerprint density at radius 3 is 2.57 bits per heavy atom. The molecule has 0 atom stereocenters. The van der Waals surface area contributed by atoms with Crippen LogP contribution >= 0.6 is 15.9 Å². The lowest BCUT2D eigenvalue weighted by atomic mass is 9.84. The fourth-order valence-corrected chi connectivity index (χ4v) is 7.00. The van der Waals surface area contributed by atoms with Gasteiger partial charge in [0.05, 0.1) is 11.6 Å². The number of amides is 3. The number of carbonyl (C=O) groups excluding carboxylic acids is 2. The summed E-state index contributed by atoms with van der Waals surface area (Å²) in [6.45, 7) is 7.79. The van der Waals surface area contributed by atoms with Crippen LogP contribution in [0.2, 0.25) is 0 Å². The second-order valence-corrected chi connectivity index (χ2v) is 12.9. The second-order valence-electron chi connectivity index (χ2n) is 12.0. The highest BCUT2D eigenvalue weighted by Gasteiger charge is 2.28. The Balaban J connectivity index is 0.947. The Morgan fingerprint density at radius 2 is 1.81 bits per heavy atom. The molecular weight excluding hydrogens is 596 g/mol. The average molecular weight is 638 g/mol. The summed E-state index contributed by atoms with van der Waals surface area (Å²) in [5, 5.41) is 7.94. The van der Waals surface area contributed by atoms with Crippen LogP contribution in [0.5, 0.6) is 5.75 Å². The minimum absolute atomic E-state index is 0.238. The number of rotatable bonds is 8. The number of piperazine rings is 1. The highest BCUT2D eigenvalue weighted by molar-refractivity contribution is 9.10. The Kier molecular flexibility index (Phi) is 8.72. The smallest absolute Gasteiger partial charge is 0.329 e. The summed E-state index contributed by atoms with van der Waals surface area (Å²) in [4.78, 5) is 30.6. The van der Waals surface area contributed by atoms with E-state index in [1.807, 2.05) is 11.7 Å². The largest absolute Gasteiger partial charge is 0.490 e. The molecule has 3 fully saturated rings. The van der Waals surface area contributed by atoms with Crippen molar-refractivity contribution in [1.29, 1.82) is 0 Å². The zero-order valence-electron chi connectivity index (χ0n) is 24.6. The number of fused-ring (bicyclic) bond motifs is 1. The van der Waals surface area contributed by atoms with Crippen molar-refractivity contribution < 1.29 is 14.3 Å². The molecule has 9 nitrogen and oxygen atoms in total. The number of imide groups is 1. The summed E-state index contributed by atoms with van der Waals surface area (Å²) in [5.74, 6) is 2.21. The van der Waals surface area contributed by atoms with Crippen molar-refractivity contribution in [2.24, 2.45) is 13.0 Å². The summed E-state index contributed by atoms with van der Waals surface area (Å²) >= 11 is 3.61. The van der Waals surface area contributed by atoms with Crippen molar-refractivity contribution in [3.05, 3.63) is 46.4 Å². The van der Waals surface area contributed by atoms with E-state index < -0.39 is 6.03 Å². The third kappa shape index (κ3) is 6.29. The highest BCUT2D eigenvalue weighted by Crippen LogP contribution is 2.34. The summed E-state index contributed by atoms with van der Waals surface area (Å²) in [6, 6.07) is 12.2. The number of urea groups is 1. The van der Waals surface area contributed by atoms with Crippen LogP contribution in [0.4, 0.5) is 16.3 Å². The summed E-state index contributed by atoms with van der Waals surface area (Å²) in [5.41, 5.74) is 3.36. The van der Waals surface area contributed by atoms with Gasteiger partial charge >= 0.3 is 6.03 Å². The van der Waals surface area contributed by atoms with Crippen molar-refractivity contribution >= 4 is 50.3 Å². The van der Waals surface area contributed by atoms with Gasteiger partial charge in [-0.2, -0.15) is 5.10 Å². The predicted octanol–water partition coefficient (Wildman–Crippen LogP) is 5.63. The monoisotopic (exact) mass is 636 g/mol. The van der Waals surface area contributed by atoms with Gasteiger partial charge in [-0.05, 0) is 88.2 Å². The van der Waals surface area contributed by atoms with E-state index in [4.69, 9.17) is 4.74 Å². The fraction of sp³-hybridized carbons (Fsp3) is 0.531. The first-order chi connectivity index (χ1) is 20.4. The van der Waals surface area contributed by atoms with E-state index in [1.54, 1.807) is 4.90 Å². The molecule has 42 heavy (non-hydrogen) atoms. The van der Waals surface area contributed by atoms with E-state index in [2.05, 4.69) is 79.5 Å². The predicted molar refractivity (Wildman–Crippen MR) is 169 cm³/mol. The van der Waals surface area contributed by atoms with Crippen LogP contribution < -0.4 is 19.9 Å². The Morgan fingerprint density at radius 1 is 1.02 bits per heavy atom. The molecule has 1 saturated carbocycles. The number of carbonyl (C=O) groups is 2. The van der Waals surface area contributed by atoms with Crippen molar-refractivity contribution in [1.82, 2.24) is 20.0 Å². The molecular formula is C32H41BrN6O3. The van der Waals surface area contributed by atoms with Crippen LogP contribution in [0.15, 0.2) is 40.9 Å². The lowest BCUT2D eigenvalue weighted by Crippen LogP contribution is -2.49. The molecule has 1 aliphatic carbocycles. The molecule has 1 N–H and O–H groups in total. The molecule has 0 unspecified atom stereocenters. The molecule has 10 heteroatoms. The van der Waals surface area contributed by atoms with Gasteiger partial charge in [0.25, 0.3) is 0 Å². The first-order valence-corrected chi connectivity index (χ1v) is 16.1. The fourth-order valence-electron chi connectivity index (χ4n) is 6.66. The normalized spacial score (nSPS) is 22.1. The van der Waals surface area contributed by atoms with Crippen molar-refractivity contribution in [2.45, 2.75) is 58.0 Å². The summed E-state index contributed by atoms with van der Waals surface area (Å²) < 4.78 is 9.29. The first kappa shape index (κ1) is 29.0. The molecule has 3 heterocycles. The van der Waals surface area contributed by atoms with Crippen molar-refractivity contribution in [2.75, 3.05) is 49.1 Å². The zero-order chi connectivity index (χ0) is 29.2. The average Bonchev–Trinajstić information content (AvgIpc) is 3.32. The quantitative estimate of drug-likeness (QED) is 0.345. The van der Waals surface area contributed by atoms with Crippen LogP contribution in [0, 0.1) is 12.8 Å². The highest BCUT2D eigenvalue weighted by atomic mass is 79.9. The third-order valence-electron chi connectivity index (χ3n) is 9.25. The van der Waals surface area contributed by atoms with E-state index in [-0.39, 0.29) is 12.3 Å². The lowest BCUT2D eigenvalue weighted by Gasteiger charge is -2.36. The molecule has 6 rings (SSSR count). The number of hydrogen-bond donors (Lipinski definition) is 1. The molecule has 0 radical (unpaired) electrons. The van der Waals surface area contributed by atoms with Gasteiger partial charge in [-0.1, -0.05) is 22.0 Å². The van der Waals surface area contributed by atoms with Gasteiger partial charge in [0.1, 0.15) is 5.75 Å². The number of nitrogens with one attached hydrogen (secondary N) is 1. The van der Waals surface area contributed by atoms with Crippen LogP contribution in [-0.4, -0.2) is 72.0 Å². The number of anilines is 2. The number of nitrogens with zero attached hydrogens (tertiary/aromatic N) is 5.